The van der Waals surface area contributed by atoms with Crippen molar-refractivity contribution in [2.45, 2.75) is 61.4 Å². The van der Waals surface area contributed by atoms with E-state index in [-0.39, 0.29) is 0 Å². The summed E-state index contributed by atoms with van der Waals surface area (Å²) in [6.45, 7) is 12.4. The Labute approximate surface area is 292 Å². The van der Waals surface area contributed by atoms with E-state index in [0.29, 0.717) is 0 Å². The highest BCUT2D eigenvalue weighted by molar-refractivity contribution is 8.05. The van der Waals surface area contributed by atoms with Gasteiger partial charge < -0.3 is 4.90 Å². The second-order valence-electron chi connectivity index (χ2n) is 11.6. The van der Waals surface area contributed by atoms with Gasteiger partial charge >= 0.3 is 0 Å². The number of hydrogen-bond donors (Lipinski definition) is 0. The average molecular weight is 675 g/mol. The van der Waals surface area contributed by atoms with Crippen molar-refractivity contribution in [2.24, 2.45) is 4.99 Å². The fraction of sp³-hybridized carbons (Fsp3) is 0.225. The van der Waals surface area contributed by atoms with Crippen LogP contribution >= 0.6 is 34.9 Å². The van der Waals surface area contributed by atoms with E-state index in [1.54, 1.807) is 34.9 Å². The van der Waals surface area contributed by atoms with Gasteiger partial charge in [-0.25, -0.2) is 0 Å². The zero-order valence-electron chi connectivity index (χ0n) is 27.9. The molecule has 0 saturated heterocycles. The van der Waals surface area contributed by atoms with Gasteiger partial charge in [0, 0.05) is 34.8 Å². The average Bonchev–Trinajstić information content (AvgIpc) is 3.54. The van der Waals surface area contributed by atoms with Gasteiger partial charge in [0.1, 0.15) is 0 Å². The maximum Gasteiger partial charge on any atom is 0.179 e. The van der Waals surface area contributed by atoms with Crippen molar-refractivity contribution in [1.82, 2.24) is 10.2 Å². The van der Waals surface area contributed by atoms with Crippen LogP contribution in [0.1, 0.15) is 55.4 Å². The monoisotopic (exact) mass is 674 g/mol. The summed E-state index contributed by atoms with van der Waals surface area (Å²) in [6, 6.07) is 25.3. The molecule has 0 aliphatic heterocycles. The predicted molar refractivity (Wildman–Crippen MR) is 207 cm³/mol. The molecule has 0 fully saturated rings. The normalized spacial score (nSPS) is 15.1. The third kappa shape index (κ3) is 9.57. The first-order valence-corrected chi connectivity index (χ1v) is 18.5. The molecule has 3 aromatic carbocycles. The van der Waals surface area contributed by atoms with Crippen molar-refractivity contribution in [2.75, 3.05) is 11.9 Å². The van der Waals surface area contributed by atoms with Crippen LogP contribution in [-0.2, 0) is 5.75 Å². The summed E-state index contributed by atoms with van der Waals surface area (Å²) in [5.74, 6) is 0.858. The number of aryl methyl sites for hydroxylation is 2. The Morgan fingerprint density at radius 3 is 2.40 bits per heavy atom. The quantitative estimate of drug-likeness (QED) is 0.110. The Hall–Kier alpha value is -3.91. The van der Waals surface area contributed by atoms with Gasteiger partial charge in [0.15, 0.2) is 8.68 Å². The molecular formula is C40H42N4S3. The van der Waals surface area contributed by atoms with Crippen LogP contribution in [0.5, 0.6) is 0 Å². The van der Waals surface area contributed by atoms with E-state index in [0.717, 1.165) is 50.7 Å². The molecule has 4 aromatic rings. The third-order valence-corrected chi connectivity index (χ3v) is 11.5. The van der Waals surface area contributed by atoms with E-state index in [1.807, 2.05) is 12.1 Å². The number of para-hydroxylation sites is 2. The van der Waals surface area contributed by atoms with Gasteiger partial charge in [-0.2, -0.15) is 0 Å². The van der Waals surface area contributed by atoms with Gasteiger partial charge in [0.2, 0.25) is 0 Å². The summed E-state index contributed by atoms with van der Waals surface area (Å²) in [7, 11) is 2.14. The first-order chi connectivity index (χ1) is 22.8. The molecule has 0 N–H and O–H groups in total. The zero-order chi connectivity index (χ0) is 33.2. The highest BCUT2D eigenvalue weighted by atomic mass is 32.2. The number of aliphatic imine (C=N–C) groups is 1. The first kappa shape index (κ1) is 34.4. The molecule has 1 heterocycles. The molecular weight excluding hydrogens is 633 g/mol. The van der Waals surface area contributed by atoms with Crippen LogP contribution in [0.15, 0.2) is 139 Å². The van der Waals surface area contributed by atoms with Crippen molar-refractivity contribution in [3.05, 3.63) is 148 Å². The van der Waals surface area contributed by atoms with Gasteiger partial charge in [-0.15, -0.1) is 10.2 Å². The van der Waals surface area contributed by atoms with Crippen molar-refractivity contribution >= 4 is 58.0 Å². The number of hydrogen-bond acceptors (Lipinski definition) is 7. The highest BCUT2D eigenvalue weighted by Crippen LogP contribution is 2.43. The molecule has 240 valence electrons. The van der Waals surface area contributed by atoms with Crippen molar-refractivity contribution in [3.63, 3.8) is 0 Å². The molecule has 1 aliphatic rings. The van der Waals surface area contributed by atoms with Gasteiger partial charge in [-0.1, -0.05) is 120 Å². The maximum absolute atomic E-state index is 4.89. The van der Waals surface area contributed by atoms with Gasteiger partial charge in [-0.3, -0.25) is 4.99 Å². The smallest absolute Gasteiger partial charge is 0.179 e. The highest BCUT2D eigenvalue weighted by Gasteiger charge is 2.20. The minimum absolute atomic E-state index is 0.858. The van der Waals surface area contributed by atoms with Crippen molar-refractivity contribution < 1.29 is 0 Å². The van der Waals surface area contributed by atoms with Gasteiger partial charge in [0.05, 0.1) is 5.69 Å². The molecule has 0 bridgehead atoms. The van der Waals surface area contributed by atoms with Crippen LogP contribution in [0.2, 0.25) is 0 Å². The molecule has 5 rings (SSSR count). The van der Waals surface area contributed by atoms with Crippen LogP contribution in [0, 0.1) is 13.8 Å². The minimum Gasteiger partial charge on any atom is -0.348 e. The zero-order valence-corrected chi connectivity index (χ0v) is 30.3. The number of benzene rings is 3. The molecule has 0 spiro atoms. The van der Waals surface area contributed by atoms with E-state index < -0.39 is 0 Å². The Morgan fingerprint density at radius 1 is 0.936 bits per heavy atom. The summed E-state index contributed by atoms with van der Waals surface area (Å²) in [4.78, 5) is 8.42. The van der Waals surface area contributed by atoms with E-state index in [1.165, 1.54) is 44.1 Å². The number of aromatic nitrogens is 2. The number of nitrogens with zero attached hydrogens (tertiary/aromatic N) is 4. The lowest BCUT2D eigenvalue weighted by molar-refractivity contribution is 0.792. The molecule has 1 aliphatic carbocycles. The van der Waals surface area contributed by atoms with Crippen molar-refractivity contribution in [3.8, 4) is 0 Å². The summed E-state index contributed by atoms with van der Waals surface area (Å²) < 4.78 is 1.95. The predicted octanol–water partition coefficient (Wildman–Crippen LogP) is 11.9. The largest absolute Gasteiger partial charge is 0.348 e. The topological polar surface area (TPSA) is 41.4 Å². The van der Waals surface area contributed by atoms with Crippen LogP contribution < -0.4 is 4.90 Å². The number of thioether (sulfide) groups is 2. The third-order valence-electron chi connectivity index (χ3n) is 8.10. The lowest BCUT2D eigenvalue weighted by atomic mass is 9.94. The van der Waals surface area contributed by atoms with E-state index in [9.17, 15) is 0 Å². The molecule has 1 aromatic heterocycles. The molecule has 0 radical (unpaired) electrons. The van der Waals surface area contributed by atoms with E-state index in [4.69, 9.17) is 4.99 Å². The molecule has 0 atom stereocenters. The summed E-state index contributed by atoms with van der Waals surface area (Å²) in [6.07, 6.45) is 14.0. The second kappa shape index (κ2) is 16.8. The molecule has 0 amide bonds. The second-order valence-corrected chi connectivity index (χ2v) is 15.1. The Morgan fingerprint density at radius 2 is 1.66 bits per heavy atom. The number of allylic oxidation sites excluding steroid dienone is 7. The molecule has 7 heteroatoms. The summed E-state index contributed by atoms with van der Waals surface area (Å²) >= 11 is 5.15. The fourth-order valence-corrected chi connectivity index (χ4v) is 8.44. The molecule has 47 heavy (non-hydrogen) atoms. The summed E-state index contributed by atoms with van der Waals surface area (Å²) in [5.41, 5.74) is 11.9. The Balaban J connectivity index is 1.41. The fourth-order valence-electron chi connectivity index (χ4n) is 5.23. The number of rotatable bonds is 12. The summed E-state index contributed by atoms with van der Waals surface area (Å²) in [5, 5.41) is 9.16. The molecule has 4 nitrogen and oxygen atoms in total. The lowest BCUT2D eigenvalue weighted by Crippen LogP contribution is -2.15. The van der Waals surface area contributed by atoms with Crippen molar-refractivity contribution in [1.29, 1.82) is 0 Å². The molecule has 0 saturated carbocycles. The molecule has 0 unspecified atom stereocenters. The van der Waals surface area contributed by atoms with E-state index >= 15 is 0 Å². The van der Waals surface area contributed by atoms with Crippen LogP contribution in [0.25, 0.3) is 6.08 Å². The van der Waals surface area contributed by atoms with Crippen LogP contribution in [0.4, 0.5) is 11.4 Å². The lowest BCUT2D eigenvalue weighted by Gasteiger charge is -2.23. The van der Waals surface area contributed by atoms with Gasteiger partial charge in [-0.05, 0) is 105 Å². The Kier molecular flexibility index (Phi) is 12.3. The minimum atomic E-state index is 0.858. The maximum atomic E-state index is 4.89. The van der Waals surface area contributed by atoms with Crippen LogP contribution in [-0.4, -0.2) is 23.0 Å². The SMILES string of the molecule is C=Cc1ccc(CSc2nnc(SC3=C(/C=C/C(C)=N/c4ccccc4C)CCC/C3=C\C=C(/C)N(C)c3ccccc3C)s2)cc1. The number of anilines is 1. The van der Waals surface area contributed by atoms with Gasteiger partial charge in [0.25, 0.3) is 0 Å². The first-order valence-electron chi connectivity index (χ1n) is 15.9. The Bertz CT molecular complexity index is 1860. The van der Waals surface area contributed by atoms with E-state index in [2.05, 4.69) is 147 Å². The standard InChI is InChI=1S/C40H42N4S3/c1-7-32-21-23-33(24-22-32)27-45-39-42-43-40(47-39)46-38-34(25-19-30(4)41-36-17-10-8-13-28(36)2)15-12-16-35(38)26-20-31(5)44(6)37-18-11-9-14-29(37)3/h7-11,13-14,17-26H,1,12,15-16,27H2,2-6H3/b25-19+,31-20+,35-26+,41-30+. The van der Waals surface area contributed by atoms with Crippen LogP contribution in [0.3, 0.4) is 0 Å².